The molecular weight excluding hydrogens is 328 g/mol. The van der Waals surface area contributed by atoms with Gasteiger partial charge in [0.2, 0.25) is 11.7 Å². The molecule has 1 aliphatic rings. The summed E-state index contributed by atoms with van der Waals surface area (Å²) in [6.07, 6.45) is 6.88. The summed E-state index contributed by atoms with van der Waals surface area (Å²) < 4.78 is 5.61. The normalized spacial score (nSPS) is 19.2. The Kier molecular flexibility index (Phi) is 4.50. The zero-order chi connectivity index (χ0) is 17.9. The highest BCUT2D eigenvalue weighted by Gasteiger charge is 2.33. The van der Waals surface area contributed by atoms with Gasteiger partial charge in [-0.05, 0) is 38.4 Å². The van der Waals surface area contributed by atoms with Gasteiger partial charge in [0.1, 0.15) is 5.82 Å². The van der Waals surface area contributed by atoms with Crippen LogP contribution in [0.2, 0.25) is 0 Å². The Balaban J connectivity index is 1.61. The van der Waals surface area contributed by atoms with Gasteiger partial charge in [-0.25, -0.2) is 4.98 Å². The van der Waals surface area contributed by atoms with Crippen LogP contribution in [0.4, 0.5) is 0 Å². The second-order valence-electron chi connectivity index (χ2n) is 6.55. The summed E-state index contributed by atoms with van der Waals surface area (Å²) in [5.41, 5.74) is 1.38. The highest BCUT2D eigenvalue weighted by molar-refractivity contribution is 5.57. The van der Waals surface area contributed by atoms with Gasteiger partial charge in [-0.15, -0.1) is 0 Å². The minimum atomic E-state index is 0.0734. The largest absolute Gasteiger partial charge is 0.347 e. The molecule has 1 N–H and O–H groups in total. The van der Waals surface area contributed by atoms with E-state index in [0.29, 0.717) is 17.3 Å². The molecule has 2 atom stereocenters. The monoisotopic (exact) mass is 348 g/mol. The van der Waals surface area contributed by atoms with Gasteiger partial charge in [-0.1, -0.05) is 23.7 Å². The Labute approximate surface area is 151 Å². The molecule has 0 saturated carbocycles. The molecule has 26 heavy (non-hydrogen) atoms. The third kappa shape index (κ3) is 3.11. The van der Waals surface area contributed by atoms with Crippen LogP contribution in [-0.2, 0) is 0 Å². The fraction of sp³-hybridized carbons (Fsp3) is 0.368. The molecule has 1 aliphatic heterocycles. The first kappa shape index (κ1) is 16.5. The van der Waals surface area contributed by atoms with E-state index in [1.807, 2.05) is 18.3 Å². The molecule has 0 spiro atoms. The summed E-state index contributed by atoms with van der Waals surface area (Å²) in [6, 6.07) is 9.62. The zero-order valence-electron chi connectivity index (χ0n) is 14.6. The number of nitriles is 1. The molecule has 132 valence electrons. The molecule has 4 rings (SSSR count). The van der Waals surface area contributed by atoms with E-state index in [9.17, 15) is 0 Å². The maximum atomic E-state index is 9.07. The fourth-order valence-electron chi connectivity index (χ4n) is 3.56. The van der Waals surface area contributed by atoms with E-state index in [1.165, 1.54) is 0 Å². The number of likely N-dealkylation sites (tertiary alicyclic amines) is 1. The maximum Gasteiger partial charge on any atom is 0.244 e. The van der Waals surface area contributed by atoms with Gasteiger partial charge in [0, 0.05) is 18.0 Å². The second kappa shape index (κ2) is 7.10. The van der Waals surface area contributed by atoms with Crippen LogP contribution in [0.3, 0.4) is 0 Å². The first-order chi connectivity index (χ1) is 12.8. The van der Waals surface area contributed by atoms with Crippen LogP contribution >= 0.6 is 0 Å². The van der Waals surface area contributed by atoms with Crippen LogP contribution in [0, 0.1) is 11.3 Å². The van der Waals surface area contributed by atoms with Gasteiger partial charge in [-0.2, -0.15) is 10.2 Å². The predicted octanol–water partition coefficient (Wildman–Crippen LogP) is 3.62. The van der Waals surface area contributed by atoms with Crippen molar-refractivity contribution in [3.05, 3.63) is 53.9 Å². The van der Waals surface area contributed by atoms with Crippen molar-refractivity contribution in [2.75, 3.05) is 6.54 Å². The summed E-state index contributed by atoms with van der Waals surface area (Å²) in [7, 11) is 0. The first-order valence-electron chi connectivity index (χ1n) is 8.85. The third-order valence-electron chi connectivity index (χ3n) is 4.93. The van der Waals surface area contributed by atoms with E-state index in [1.54, 1.807) is 18.3 Å². The van der Waals surface area contributed by atoms with Gasteiger partial charge >= 0.3 is 0 Å². The Morgan fingerprint density at radius 3 is 3.12 bits per heavy atom. The first-order valence-corrected chi connectivity index (χ1v) is 8.85. The minimum absolute atomic E-state index is 0.0734. The number of aromatic nitrogens is 4. The standard InChI is InChI=1S/C19H20N6O/c1-13(17-21-8-9-22-17)25-10-3-2-7-16(25)19-23-18(24-26-19)15-6-4-5-14(11-15)12-20/h4-6,8-9,11,13,16H,2-3,7,10H2,1H3,(H,21,22). The van der Waals surface area contributed by atoms with Crippen LogP contribution in [0.15, 0.2) is 41.2 Å². The molecule has 0 amide bonds. The smallest absolute Gasteiger partial charge is 0.244 e. The van der Waals surface area contributed by atoms with Gasteiger partial charge < -0.3 is 9.51 Å². The summed E-state index contributed by atoms with van der Waals surface area (Å²) in [5, 5.41) is 13.2. The summed E-state index contributed by atoms with van der Waals surface area (Å²) in [5.74, 6) is 2.09. The van der Waals surface area contributed by atoms with E-state index in [-0.39, 0.29) is 12.1 Å². The molecule has 0 aliphatic carbocycles. The van der Waals surface area contributed by atoms with Crippen molar-refractivity contribution in [3.8, 4) is 17.5 Å². The lowest BCUT2D eigenvalue weighted by atomic mass is 9.99. The van der Waals surface area contributed by atoms with Crippen LogP contribution in [0.5, 0.6) is 0 Å². The average Bonchev–Trinajstić information content (AvgIpc) is 3.39. The molecule has 7 heteroatoms. The molecule has 1 saturated heterocycles. The van der Waals surface area contributed by atoms with Crippen LogP contribution in [0.25, 0.3) is 11.4 Å². The number of hydrogen-bond donors (Lipinski definition) is 1. The topological polar surface area (TPSA) is 94.6 Å². The van der Waals surface area contributed by atoms with Crippen LogP contribution in [0.1, 0.15) is 55.5 Å². The molecule has 0 radical (unpaired) electrons. The number of nitrogens with zero attached hydrogens (tertiary/aromatic N) is 5. The van der Waals surface area contributed by atoms with Crippen LogP contribution in [-0.4, -0.2) is 31.6 Å². The van der Waals surface area contributed by atoms with Gasteiger partial charge in [0.25, 0.3) is 0 Å². The van der Waals surface area contributed by atoms with Crippen molar-refractivity contribution in [3.63, 3.8) is 0 Å². The van der Waals surface area contributed by atoms with Gasteiger partial charge in [-0.3, -0.25) is 4.90 Å². The van der Waals surface area contributed by atoms with E-state index in [0.717, 1.165) is 37.2 Å². The zero-order valence-corrected chi connectivity index (χ0v) is 14.6. The summed E-state index contributed by atoms with van der Waals surface area (Å²) in [6.45, 7) is 3.11. The number of rotatable bonds is 4. The Bertz CT molecular complexity index is 910. The summed E-state index contributed by atoms with van der Waals surface area (Å²) in [4.78, 5) is 14.6. The maximum absolute atomic E-state index is 9.07. The number of hydrogen-bond acceptors (Lipinski definition) is 6. The lowest BCUT2D eigenvalue weighted by Crippen LogP contribution is -2.36. The minimum Gasteiger partial charge on any atom is -0.347 e. The van der Waals surface area contributed by atoms with Crippen molar-refractivity contribution in [2.24, 2.45) is 0 Å². The quantitative estimate of drug-likeness (QED) is 0.774. The lowest BCUT2D eigenvalue weighted by Gasteiger charge is -2.37. The van der Waals surface area contributed by atoms with Crippen molar-refractivity contribution in [2.45, 2.75) is 38.3 Å². The van der Waals surface area contributed by atoms with Crippen molar-refractivity contribution >= 4 is 0 Å². The van der Waals surface area contributed by atoms with E-state index >= 15 is 0 Å². The van der Waals surface area contributed by atoms with Gasteiger partial charge in [0.05, 0.1) is 23.7 Å². The summed E-state index contributed by atoms with van der Waals surface area (Å²) >= 11 is 0. The Hall–Kier alpha value is -2.98. The molecule has 3 heterocycles. The number of nitrogens with one attached hydrogen (secondary N) is 1. The van der Waals surface area contributed by atoms with Gasteiger partial charge in [0.15, 0.2) is 0 Å². The molecule has 1 aromatic carbocycles. The Morgan fingerprint density at radius 2 is 2.31 bits per heavy atom. The number of H-pyrrole nitrogens is 1. The molecule has 2 unspecified atom stereocenters. The number of imidazole rings is 1. The van der Waals surface area contributed by atoms with Crippen molar-refractivity contribution in [1.29, 1.82) is 5.26 Å². The molecule has 7 nitrogen and oxygen atoms in total. The van der Waals surface area contributed by atoms with E-state index in [2.05, 4.69) is 38.0 Å². The molecule has 2 aromatic heterocycles. The van der Waals surface area contributed by atoms with Crippen molar-refractivity contribution < 1.29 is 4.52 Å². The SMILES string of the molecule is CC(c1ncc[nH]1)N1CCCCC1c1nc(-c2cccc(C#N)c2)no1. The predicted molar refractivity (Wildman–Crippen MR) is 94.7 cm³/mol. The highest BCUT2D eigenvalue weighted by atomic mass is 16.5. The fourth-order valence-corrected chi connectivity index (χ4v) is 3.56. The van der Waals surface area contributed by atoms with Crippen molar-refractivity contribution in [1.82, 2.24) is 25.0 Å². The molecule has 1 fully saturated rings. The second-order valence-corrected chi connectivity index (χ2v) is 6.55. The highest BCUT2D eigenvalue weighted by Crippen LogP contribution is 2.36. The molecular formula is C19H20N6O. The molecule has 0 bridgehead atoms. The lowest BCUT2D eigenvalue weighted by molar-refractivity contribution is 0.0763. The number of benzene rings is 1. The average molecular weight is 348 g/mol. The van der Waals surface area contributed by atoms with Crippen LogP contribution < -0.4 is 0 Å². The number of piperidine rings is 1. The van der Waals surface area contributed by atoms with E-state index in [4.69, 9.17) is 9.78 Å². The van der Waals surface area contributed by atoms with E-state index < -0.39 is 0 Å². The number of aromatic amines is 1. The third-order valence-corrected chi connectivity index (χ3v) is 4.93. The molecule has 3 aromatic rings. The Morgan fingerprint density at radius 1 is 1.38 bits per heavy atom.